The van der Waals surface area contributed by atoms with Crippen molar-refractivity contribution in [2.24, 2.45) is 0 Å². The van der Waals surface area contributed by atoms with Gasteiger partial charge in [0, 0.05) is 32.7 Å². The highest BCUT2D eigenvalue weighted by atomic mass is 16.5. The summed E-state index contributed by atoms with van der Waals surface area (Å²) in [5.41, 5.74) is 1.46. The minimum atomic E-state index is -0.300. The Balaban J connectivity index is 2.00. The van der Waals surface area contributed by atoms with Crippen LogP contribution in [0.3, 0.4) is 0 Å². The highest BCUT2D eigenvalue weighted by Gasteiger charge is 2.24. The fourth-order valence-corrected chi connectivity index (χ4v) is 2.63. The van der Waals surface area contributed by atoms with Gasteiger partial charge in [0.05, 0.1) is 17.9 Å². The molecule has 6 nitrogen and oxygen atoms in total. The standard InChI is InChI=1S/C17H25N3O3/c1-3-9-18-17(22)20-12-10-19(11-13-20)15-8-6-5-7-14(15)16(21)23-4-2/h5-8H,3-4,9-13H2,1-2H3,(H,18,22). The van der Waals surface area contributed by atoms with Gasteiger partial charge < -0.3 is 19.9 Å². The Hall–Kier alpha value is -2.24. The highest BCUT2D eigenvalue weighted by molar-refractivity contribution is 5.96. The number of urea groups is 1. The molecule has 1 saturated heterocycles. The first kappa shape index (κ1) is 17.1. The number of carbonyl (C=O) groups excluding carboxylic acids is 2. The first-order valence-electron chi connectivity index (χ1n) is 8.21. The number of para-hydroxylation sites is 1. The predicted molar refractivity (Wildman–Crippen MR) is 89.9 cm³/mol. The Bertz CT molecular complexity index is 540. The van der Waals surface area contributed by atoms with Crippen LogP contribution in [0, 0.1) is 0 Å². The van der Waals surface area contributed by atoms with Crippen LogP contribution in [-0.2, 0) is 4.74 Å². The molecule has 0 radical (unpaired) electrons. The van der Waals surface area contributed by atoms with Crippen LogP contribution in [0.2, 0.25) is 0 Å². The van der Waals surface area contributed by atoms with Crippen molar-refractivity contribution in [3.8, 4) is 0 Å². The molecule has 6 heteroatoms. The summed E-state index contributed by atoms with van der Waals surface area (Å²) in [5.74, 6) is -0.300. The summed E-state index contributed by atoms with van der Waals surface area (Å²) < 4.78 is 5.12. The molecular weight excluding hydrogens is 294 g/mol. The van der Waals surface area contributed by atoms with Crippen LogP contribution in [0.5, 0.6) is 0 Å². The number of hydrogen-bond acceptors (Lipinski definition) is 4. The number of ether oxygens (including phenoxy) is 1. The van der Waals surface area contributed by atoms with Gasteiger partial charge in [0.25, 0.3) is 0 Å². The maximum Gasteiger partial charge on any atom is 0.340 e. The number of anilines is 1. The minimum absolute atomic E-state index is 0.00909. The van der Waals surface area contributed by atoms with Gasteiger partial charge in [-0.1, -0.05) is 19.1 Å². The summed E-state index contributed by atoms with van der Waals surface area (Å²) in [5, 5.41) is 2.90. The molecule has 1 aromatic carbocycles. The van der Waals surface area contributed by atoms with Crippen LogP contribution in [0.15, 0.2) is 24.3 Å². The van der Waals surface area contributed by atoms with Gasteiger partial charge in [0.15, 0.2) is 0 Å². The molecule has 23 heavy (non-hydrogen) atoms. The second-order valence-electron chi connectivity index (χ2n) is 5.44. The maximum absolute atomic E-state index is 12.1. The van der Waals surface area contributed by atoms with E-state index < -0.39 is 0 Å². The molecule has 126 valence electrons. The van der Waals surface area contributed by atoms with E-state index in [4.69, 9.17) is 4.74 Å². The molecule has 2 rings (SSSR count). The number of piperazine rings is 1. The van der Waals surface area contributed by atoms with Gasteiger partial charge >= 0.3 is 12.0 Å². The number of nitrogens with one attached hydrogen (secondary N) is 1. The minimum Gasteiger partial charge on any atom is -0.462 e. The molecule has 1 aliphatic heterocycles. The number of rotatable bonds is 5. The molecule has 1 aromatic rings. The van der Waals surface area contributed by atoms with E-state index in [9.17, 15) is 9.59 Å². The van der Waals surface area contributed by atoms with Gasteiger partial charge in [0.1, 0.15) is 0 Å². The molecule has 2 amide bonds. The summed E-state index contributed by atoms with van der Waals surface area (Å²) >= 11 is 0. The van der Waals surface area contributed by atoms with E-state index in [1.165, 1.54) is 0 Å². The van der Waals surface area contributed by atoms with E-state index in [0.29, 0.717) is 44.9 Å². The van der Waals surface area contributed by atoms with Crippen LogP contribution in [0.1, 0.15) is 30.6 Å². The molecule has 1 fully saturated rings. The molecule has 1 heterocycles. The van der Waals surface area contributed by atoms with E-state index in [-0.39, 0.29) is 12.0 Å². The molecule has 0 atom stereocenters. The average molecular weight is 319 g/mol. The van der Waals surface area contributed by atoms with Crippen molar-refractivity contribution in [2.75, 3.05) is 44.2 Å². The molecule has 0 aliphatic carbocycles. The van der Waals surface area contributed by atoms with Gasteiger partial charge in [0.2, 0.25) is 0 Å². The second-order valence-corrected chi connectivity index (χ2v) is 5.44. The number of esters is 1. The SMILES string of the molecule is CCCNC(=O)N1CCN(c2ccccc2C(=O)OCC)CC1. The van der Waals surface area contributed by atoms with Gasteiger partial charge in [-0.15, -0.1) is 0 Å². The smallest absolute Gasteiger partial charge is 0.340 e. The largest absolute Gasteiger partial charge is 0.462 e. The third-order valence-electron chi connectivity index (χ3n) is 3.83. The average Bonchev–Trinajstić information content (AvgIpc) is 2.60. The zero-order valence-corrected chi connectivity index (χ0v) is 13.9. The zero-order valence-electron chi connectivity index (χ0n) is 13.9. The van der Waals surface area contributed by atoms with Crippen molar-refractivity contribution in [2.45, 2.75) is 20.3 Å². The van der Waals surface area contributed by atoms with Crippen LogP contribution in [-0.4, -0.2) is 56.2 Å². The highest BCUT2D eigenvalue weighted by Crippen LogP contribution is 2.22. The monoisotopic (exact) mass is 319 g/mol. The van der Waals surface area contributed by atoms with E-state index in [1.807, 2.05) is 30.0 Å². The van der Waals surface area contributed by atoms with Crippen molar-refractivity contribution < 1.29 is 14.3 Å². The summed E-state index contributed by atoms with van der Waals surface area (Å²) in [6.07, 6.45) is 0.929. The van der Waals surface area contributed by atoms with E-state index in [2.05, 4.69) is 10.2 Å². The Morgan fingerprint density at radius 1 is 1.13 bits per heavy atom. The third kappa shape index (κ3) is 4.37. The Morgan fingerprint density at radius 2 is 1.83 bits per heavy atom. The molecule has 0 aromatic heterocycles. The summed E-state index contributed by atoms with van der Waals surface area (Å²) in [6.45, 7) is 7.59. The fourth-order valence-electron chi connectivity index (χ4n) is 2.63. The molecule has 0 saturated carbocycles. The van der Waals surface area contributed by atoms with Crippen molar-refractivity contribution in [1.82, 2.24) is 10.2 Å². The Morgan fingerprint density at radius 3 is 2.48 bits per heavy atom. The van der Waals surface area contributed by atoms with Crippen LogP contribution in [0.25, 0.3) is 0 Å². The zero-order chi connectivity index (χ0) is 16.7. The lowest BCUT2D eigenvalue weighted by Crippen LogP contribution is -2.52. The quantitative estimate of drug-likeness (QED) is 0.844. The molecule has 1 N–H and O–H groups in total. The second kappa shape index (κ2) is 8.41. The van der Waals surface area contributed by atoms with Crippen molar-refractivity contribution in [1.29, 1.82) is 0 Å². The van der Waals surface area contributed by atoms with Crippen LogP contribution >= 0.6 is 0 Å². The van der Waals surface area contributed by atoms with Gasteiger partial charge in [-0.05, 0) is 25.5 Å². The van der Waals surface area contributed by atoms with Crippen LogP contribution in [0.4, 0.5) is 10.5 Å². The summed E-state index contributed by atoms with van der Waals surface area (Å²) in [7, 11) is 0. The lowest BCUT2D eigenvalue weighted by molar-refractivity contribution is 0.0527. The maximum atomic E-state index is 12.1. The number of carbonyl (C=O) groups is 2. The Kier molecular flexibility index (Phi) is 6.26. The first-order chi connectivity index (χ1) is 11.2. The lowest BCUT2D eigenvalue weighted by atomic mass is 10.1. The molecule has 0 bridgehead atoms. The van der Waals surface area contributed by atoms with Crippen molar-refractivity contribution in [3.05, 3.63) is 29.8 Å². The van der Waals surface area contributed by atoms with E-state index in [0.717, 1.165) is 12.1 Å². The predicted octanol–water partition coefficient (Wildman–Crippen LogP) is 2.10. The summed E-state index contributed by atoms with van der Waals surface area (Å²) in [6, 6.07) is 7.46. The number of amides is 2. The van der Waals surface area contributed by atoms with E-state index in [1.54, 1.807) is 13.0 Å². The summed E-state index contributed by atoms with van der Waals surface area (Å²) in [4.78, 5) is 28.0. The third-order valence-corrected chi connectivity index (χ3v) is 3.83. The lowest BCUT2D eigenvalue weighted by Gasteiger charge is -2.36. The number of nitrogens with zero attached hydrogens (tertiary/aromatic N) is 2. The Labute approximate surface area is 137 Å². The topological polar surface area (TPSA) is 61.9 Å². The number of hydrogen-bond donors (Lipinski definition) is 1. The molecule has 0 unspecified atom stereocenters. The first-order valence-corrected chi connectivity index (χ1v) is 8.21. The van der Waals surface area contributed by atoms with Crippen molar-refractivity contribution in [3.63, 3.8) is 0 Å². The van der Waals surface area contributed by atoms with Gasteiger partial charge in [-0.3, -0.25) is 0 Å². The van der Waals surface area contributed by atoms with Gasteiger partial charge in [-0.25, -0.2) is 9.59 Å². The normalized spacial score (nSPS) is 14.5. The van der Waals surface area contributed by atoms with E-state index >= 15 is 0 Å². The van der Waals surface area contributed by atoms with Gasteiger partial charge in [-0.2, -0.15) is 0 Å². The molecule has 0 spiro atoms. The number of benzene rings is 1. The fraction of sp³-hybridized carbons (Fsp3) is 0.529. The van der Waals surface area contributed by atoms with Crippen LogP contribution < -0.4 is 10.2 Å². The molecular formula is C17H25N3O3. The van der Waals surface area contributed by atoms with Crippen molar-refractivity contribution >= 4 is 17.7 Å². The molecule has 1 aliphatic rings.